The van der Waals surface area contributed by atoms with Gasteiger partial charge in [0.1, 0.15) is 0 Å². The Hall–Kier alpha value is -2.50. The van der Waals surface area contributed by atoms with Crippen molar-refractivity contribution in [2.75, 3.05) is 13.2 Å². The molecule has 0 heterocycles. The molecule has 0 aromatic carbocycles. The molecule has 0 N–H and O–H groups in total. The summed E-state index contributed by atoms with van der Waals surface area (Å²) < 4.78 is 9.31. The fourth-order valence-corrected chi connectivity index (χ4v) is 0.941. The van der Waals surface area contributed by atoms with Gasteiger partial charge in [-0.15, -0.1) is 0 Å². The second kappa shape index (κ2) is 10.4. The van der Waals surface area contributed by atoms with Crippen molar-refractivity contribution in [3.05, 3.63) is 37.5 Å². The van der Waals surface area contributed by atoms with Crippen LogP contribution in [0, 0.1) is 0 Å². The van der Waals surface area contributed by atoms with Gasteiger partial charge >= 0.3 is 11.9 Å². The Balaban J connectivity index is 3.85. The van der Waals surface area contributed by atoms with Gasteiger partial charge < -0.3 is 9.47 Å². The summed E-state index contributed by atoms with van der Waals surface area (Å²) in [6.45, 7) is 6.37. The summed E-state index contributed by atoms with van der Waals surface area (Å²) in [4.78, 5) is 43.9. The van der Waals surface area contributed by atoms with Crippen molar-refractivity contribution in [3.8, 4) is 0 Å². The van der Waals surface area contributed by atoms with Gasteiger partial charge in [0.2, 0.25) is 0 Å². The van der Waals surface area contributed by atoms with E-state index in [9.17, 15) is 19.2 Å². The van der Waals surface area contributed by atoms with Crippen molar-refractivity contribution in [2.24, 2.45) is 0 Å². The molecule has 0 bridgehead atoms. The predicted octanol–water partition coefficient (Wildman–Crippen LogP) is 0.919. The lowest BCUT2D eigenvalue weighted by atomic mass is 10.3. The van der Waals surface area contributed by atoms with Crippen LogP contribution in [0.3, 0.4) is 0 Å². The van der Waals surface area contributed by atoms with Crippen LogP contribution in [0.15, 0.2) is 37.5 Å². The van der Waals surface area contributed by atoms with E-state index in [-0.39, 0.29) is 37.6 Å². The smallest absolute Gasteiger partial charge is 0.331 e. The molecule has 0 saturated heterocycles. The monoisotopic (exact) mass is 280 g/mol. The van der Waals surface area contributed by atoms with Crippen molar-refractivity contribution in [3.63, 3.8) is 0 Å². The van der Waals surface area contributed by atoms with E-state index in [1.54, 1.807) is 0 Å². The van der Waals surface area contributed by atoms with Crippen LogP contribution >= 0.6 is 0 Å². The molecule has 0 aliphatic rings. The zero-order valence-corrected chi connectivity index (χ0v) is 11.0. The fraction of sp³-hybridized carbons (Fsp3) is 0.286. The highest BCUT2D eigenvalue weighted by atomic mass is 16.5. The maximum atomic E-state index is 11.1. The van der Waals surface area contributed by atoms with Gasteiger partial charge in [0.05, 0.1) is 13.2 Å². The van der Waals surface area contributed by atoms with Crippen LogP contribution in [0.1, 0.15) is 12.8 Å². The fourth-order valence-electron chi connectivity index (χ4n) is 0.941. The zero-order valence-electron chi connectivity index (χ0n) is 11.0. The van der Waals surface area contributed by atoms with Crippen LogP contribution in [0.2, 0.25) is 0 Å². The highest BCUT2D eigenvalue weighted by Gasteiger charge is 2.03. The molecule has 6 nitrogen and oxygen atoms in total. The van der Waals surface area contributed by atoms with E-state index in [2.05, 4.69) is 22.6 Å². The number of hydrogen-bond donors (Lipinski definition) is 0. The predicted molar refractivity (Wildman–Crippen MR) is 70.7 cm³/mol. The molecule has 0 atom stereocenters. The largest absolute Gasteiger partial charge is 0.462 e. The Morgan fingerprint density at radius 2 is 1.10 bits per heavy atom. The van der Waals surface area contributed by atoms with Crippen molar-refractivity contribution >= 4 is 23.5 Å². The van der Waals surface area contributed by atoms with Crippen LogP contribution in [0.4, 0.5) is 0 Å². The summed E-state index contributed by atoms with van der Waals surface area (Å²) in [6, 6.07) is 0. The lowest BCUT2D eigenvalue weighted by Gasteiger charge is -2.00. The molecule has 0 aromatic rings. The number of ketones is 2. The Morgan fingerprint density at radius 3 is 1.40 bits per heavy atom. The number of esters is 2. The number of carbonyl (C=O) groups is 4. The van der Waals surface area contributed by atoms with E-state index < -0.39 is 11.9 Å². The van der Waals surface area contributed by atoms with Crippen molar-refractivity contribution < 1.29 is 28.7 Å². The number of hydrogen-bond acceptors (Lipinski definition) is 6. The Bertz CT molecular complexity index is 393. The lowest BCUT2D eigenvalue weighted by molar-refractivity contribution is -0.141. The molecule has 0 radical (unpaired) electrons. The van der Waals surface area contributed by atoms with Gasteiger partial charge in [-0.1, -0.05) is 13.2 Å². The van der Waals surface area contributed by atoms with E-state index in [0.29, 0.717) is 0 Å². The molecular weight excluding hydrogens is 264 g/mol. The van der Waals surface area contributed by atoms with Crippen molar-refractivity contribution in [2.45, 2.75) is 12.8 Å². The number of rotatable bonds is 10. The molecule has 0 unspecified atom stereocenters. The third-order valence-electron chi connectivity index (χ3n) is 2.00. The quantitative estimate of drug-likeness (QED) is 0.437. The Kier molecular flexibility index (Phi) is 9.12. The third kappa shape index (κ3) is 9.52. The highest BCUT2D eigenvalue weighted by Crippen LogP contribution is 1.91. The lowest BCUT2D eigenvalue weighted by Crippen LogP contribution is -2.09. The Morgan fingerprint density at radius 1 is 0.750 bits per heavy atom. The van der Waals surface area contributed by atoms with Crippen LogP contribution in [-0.2, 0) is 28.7 Å². The summed E-state index contributed by atoms with van der Waals surface area (Å²) in [5.74, 6) is -2.01. The molecule has 0 aliphatic carbocycles. The number of allylic oxidation sites excluding steroid dienone is 2. The summed E-state index contributed by atoms with van der Waals surface area (Å²) in [5.41, 5.74) is 0. The minimum Gasteiger partial charge on any atom is -0.462 e. The van der Waals surface area contributed by atoms with Crippen LogP contribution < -0.4 is 0 Å². The molecule has 0 fully saturated rings. The first kappa shape index (κ1) is 17.5. The molecular formula is C14H16O6. The van der Waals surface area contributed by atoms with Gasteiger partial charge in [-0.3, -0.25) is 9.59 Å². The van der Waals surface area contributed by atoms with Gasteiger partial charge in [-0.05, 0) is 12.2 Å². The molecule has 0 saturated carbocycles. The summed E-state index contributed by atoms with van der Waals surface area (Å²) in [6.07, 6.45) is 4.11. The molecule has 0 amide bonds. The average Bonchev–Trinajstić information content (AvgIpc) is 2.44. The van der Waals surface area contributed by atoms with Crippen LogP contribution in [0.25, 0.3) is 0 Å². The van der Waals surface area contributed by atoms with Gasteiger partial charge in [-0.2, -0.15) is 0 Å². The van der Waals surface area contributed by atoms with E-state index in [1.807, 2.05) is 0 Å². The SMILES string of the molecule is C=CC(=O)CCOC(=O)/C=C/C(=O)OCCC(=O)C=C. The third-order valence-corrected chi connectivity index (χ3v) is 2.00. The molecule has 20 heavy (non-hydrogen) atoms. The molecule has 0 aromatic heterocycles. The topological polar surface area (TPSA) is 86.7 Å². The molecule has 0 spiro atoms. The first-order valence-electron chi connectivity index (χ1n) is 5.81. The number of carbonyl (C=O) groups excluding carboxylic acids is 4. The van der Waals surface area contributed by atoms with E-state index in [4.69, 9.17) is 0 Å². The Labute approximate surface area is 116 Å². The van der Waals surface area contributed by atoms with E-state index >= 15 is 0 Å². The first-order chi connectivity index (χ1) is 9.49. The summed E-state index contributed by atoms with van der Waals surface area (Å²) in [5, 5.41) is 0. The molecule has 6 heteroatoms. The minimum absolute atomic E-state index is 0.0389. The van der Waals surface area contributed by atoms with Gasteiger partial charge in [0, 0.05) is 25.0 Å². The van der Waals surface area contributed by atoms with E-state index in [0.717, 1.165) is 24.3 Å². The van der Waals surface area contributed by atoms with Gasteiger partial charge in [-0.25, -0.2) is 9.59 Å². The molecule has 0 rings (SSSR count). The maximum absolute atomic E-state index is 11.1. The van der Waals surface area contributed by atoms with Crippen LogP contribution in [-0.4, -0.2) is 36.7 Å². The normalized spacial score (nSPS) is 9.80. The number of ether oxygens (including phenoxy) is 2. The molecule has 0 aliphatic heterocycles. The summed E-state index contributed by atoms with van der Waals surface area (Å²) >= 11 is 0. The standard InChI is InChI=1S/C14H16O6/c1-3-11(15)7-9-19-13(17)5-6-14(18)20-10-8-12(16)4-2/h3-6H,1-2,7-10H2/b6-5+. The second-order valence-electron chi connectivity index (χ2n) is 3.51. The van der Waals surface area contributed by atoms with E-state index in [1.165, 1.54) is 0 Å². The summed E-state index contributed by atoms with van der Waals surface area (Å²) in [7, 11) is 0. The van der Waals surface area contributed by atoms with Crippen LogP contribution in [0.5, 0.6) is 0 Å². The second-order valence-corrected chi connectivity index (χ2v) is 3.51. The van der Waals surface area contributed by atoms with Gasteiger partial charge in [0.25, 0.3) is 0 Å². The highest BCUT2D eigenvalue weighted by molar-refractivity contribution is 5.92. The zero-order chi connectivity index (χ0) is 15.4. The minimum atomic E-state index is -0.763. The van der Waals surface area contributed by atoms with Gasteiger partial charge in [0.15, 0.2) is 11.6 Å². The molecule has 108 valence electrons. The first-order valence-corrected chi connectivity index (χ1v) is 5.81. The average molecular weight is 280 g/mol. The van der Waals surface area contributed by atoms with Crippen molar-refractivity contribution in [1.29, 1.82) is 0 Å². The van der Waals surface area contributed by atoms with Crippen molar-refractivity contribution in [1.82, 2.24) is 0 Å². The maximum Gasteiger partial charge on any atom is 0.331 e.